The summed E-state index contributed by atoms with van der Waals surface area (Å²) in [5.74, 6) is 0.381. The standard InChI is InChI=1S/C17H17N3O2S/c1-12-6-8-14(9-7-12)16-13(2)17(20-23(16,21)22)19-11-15-5-3-4-10-18-15/h3-10H,11H2,1-2H3,(H,19,20). The largest absolute Gasteiger partial charge is 0.264 e. The third-order valence-electron chi connectivity index (χ3n) is 3.63. The number of aryl methyl sites for hydroxylation is 1. The number of nitrogens with one attached hydrogen (secondary N) is 1. The van der Waals surface area contributed by atoms with E-state index in [2.05, 4.69) is 14.7 Å². The number of sulfonamides is 1. The second-order valence-electron chi connectivity index (χ2n) is 5.41. The van der Waals surface area contributed by atoms with E-state index >= 15 is 0 Å². The van der Waals surface area contributed by atoms with Crippen molar-refractivity contribution in [2.24, 2.45) is 4.99 Å². The highest BCUT2D eigenvalue weighted by molar-refractivity contribution is 8.00. The lowest BCUT2D eigenvalue weighted by molar-refractivity contribution is 0.603. The molecule has 6 heteroatoms. The van der Waals surface area contributed by atoms with Gasteiger partial charge in [-0.2, -0.15) is 0 Å². The van der Waals surface area contributed by atoms with Crippen LogP contribution in [0.15, 0.2) is 59.2 Å². The molecule has 1 N–H and O–H groups in total. The Bertz CT molecular complexity index is 883. The van der Waals surface area contributed by atoms with Crippen LogP contribution in [0.25, 0.3) is 4.91 Å². The summed E-state index contributed by atoms with van der Waals surface area (Å²) in [4.78, 5) is 8.85. The van der Waals surface area contributed by atoms with Crippen molar-refractivity contribution >= 4 is 20.8 Å². The lowest BCUT2D eigenvalue weighted by atomic mass is 10.1. The summed E-state index contributed by atoms with van der Waals surface area (Å²) in [6.45, 7) is 4.06. The minimum atomic E-state index is -3.58. The van der Waals surface area contributed by atoms with E-state index < -0.39 is 10.0 Å². The minimum absolute atomic E-state index is 0.289. The first kappa shape index (κ1) is 15.4. The summed E-state index contributed by atoms with van der Waals surface area (Å²) in [5.41, 5.74) is 3.17. The molecule has 23 heavy (non-hydrogen) atoms. The molecule has 0 unspecified atom stereocenters. The molecule has 0 fully saturated rings. The summed E-state index contributed by atoms with van der Waals surface area (Å²) < 4.78 is 27.4. The van der Waals surface area contributed by atoms with Crippen molar-refractivity contribution in [1.29, 1.82) is 0 Å². The van der Waals surface area contributed by atoms with Crippen LogP contribution in [0.4, 0.5) is 0 Å². The molecule has 2 heterocycles. The number of amidine groups is 1. The zero-order valence-corrected chi connectivity index (χ0v) is 13.8. The zero-order valence-electron chi connectivity index (χ0n) is 12.9. The molecule has 1 aromatic carbocycles. The highest BCUT2D eigenvalue weighted by Crippen LogP contribution is 2.29. The smallest absolute Gasteiger partial charge is 0.263 e. The van der Waals surface area contributed by atoms with E-state index in [0.717, 1.165) is 11.3 Å². The highest BCUT2D eigenvalue weighted by Gasteiger charge is 2.32. The van der Waals surface area contributed by atoms with Crippen LogP contribution in [0.5, 0.6) is 0 Å². The molecule has 5 nitrogen and oxygen atoms in total. The van der Waals surface area contributed by atoms with Gasteiger partial charge < -0.3 is 0 Å². The van der Waals surface area contributed by atoms with E-state index in [9.17, 15) is 8.42 Å². The van der Waals surface area contributed by atoms with Gasteiger partial charge in [0.2, 0.25) is 0 Å². The SMILES string of the molecule is CC1=C(c2ccc(C)cc2)S(=O)(=O)NC1=NCc1ccccn1. The van der Waals surface area contributed by atoms with Crippen LogP contribution in [-0.2, 0) is 16.6 Å². The van der Waals surface area contributed by atoms with Gasteiger partial charge in [-0.25, -0.2) is 8.42 Å². The first-order chi connectivity index (χ1) is 11.0. The van der Waals surface area contributed by atoms with Crippen molar-refractivity contribution in [3.63, 3.8) is 0 Å². The Labute approximate surface area is 135 Å². The molecule has 0 bridgehead atoms. The fraction of sp³-hybridized carbons (Fsp3) is 0.176. The van der Waals surface area contributed by atoms with Gasteiger partial charge in [0.15, 0.2) is 0 Å². The normalized spacial score (nSPS) is 18.3. The molecule has 0 amide bonds. The number of aliphatic imine (C=N–C) groups is 1. The van der Waals surface area contributed by atoms with Gasteiger partial charge in [-0.3, -0.25) is 14.7 Å². The van der Waals surface area contributed by atoms with Gasteiger partial charge in [0, 0.05) is 11.8 Å². The quantitative estimate of drug-likeness (QED) is 0.942. The highest BCUT2D eigenvalue weighted by atomic mass is 32.2. The Hall–Kier alpha value is -2.47. The fourth-order valence-electron chi connectivity index (χ4n) is 2.44. The minimum Gasteiger partial charge on any atom is -0.263 e. The van der Waals surface area contributed by atoms with E-state index in [1.165, 1.54) is 0 Å². The lowest BCUT2D eigenvalue weighted by Gasteiger charge is -2.03. The summed E-state index contributed by atoms with van der Waals surface area (Å²) in [6, 6.07) is 13.0. The predicted molar refractivity (Wildman–Crippen MR) is 91.2 cm³/mol. The molecule has 118 valence electrons. The van der Waals surface area contributed by atoms with Gasteiger partial charge in [0.05, 0.1) is 12.2 Å². The second-order valence-corrected chi connectivity index (χ2v) is 7.03. The average Bonchev–Trinajstić information content (AvgIpc) is 2.77. The van der Waals surface area contributed by atoms with Crippen molar-refractivity contribution in [3.05, 3.63) is 71.1 Å². The van der Waals surface area contributed by atoms with E-state index in [4.69, 9.17) is 0 Å². The first-order valence-corrected chi connectivity index (χ1v) is 8.71. The molecule has 0 saturated carbocycles. The maximum Gasteiger partial charge on any atom is 0.264 e. The van der Waals surface area contributed by atoms with Crippen LogP contribution in [-0.4, -0.2) is 19.2 Å². The van der Waals surface area contributed by atoms with Gasteiger partial charge in [-0.15, -0.1) is 0 Å². The summed E-state index contributed by atoms with van der Waals surface area (Å²) in [6.07, 6.45) is 1.69. The number of benzene rings is 1. The number of nitrogens with zero attached hydrogens (tertiary/aromatic N) is 2. The Kier molecular flexibility index (Phi) is 4.00. The molecule has 0 atom stereocenters. The van der Waals surface area contributed by atoms with E-state index in [1.54, 1.807) is 13.1 Å². The topological polar surface area (TPSA) is 71.4 Å². The summed E-state index contributed by atoms with van der Waals surface area (Å²) >= 11 is 0. The predicted octanol–water partition coefficient (Wildman–Crippen LogP) is 2.65. The molecule has 0 aliphatic carbocycles. The van der Waals surface area contributed by atoms with Crippen molar-refractivity contribution < 1.29 is 8.42 Å². The van der Waals surface area contributed by atoms with Crippen molar-refractivity contribution in [3.8, 4) is 0 Å². The molecule has 0 saturated heterocycles. The maximum absolute atomic E-state index is 12.4. The molecule has 1 aliphatic heterocycles. The Morgan fingerprint density at radius 2 is 1.83 bits per heavy atom. The second kappa shape index (κ2) is 5.96. The van der Waals surface area contributed by atoms with Gasteiger partial charge in [0.25, 0.3) is 10.0 Å². The summed E-state index contributed by atoms with van der Waals surface area (Å²) in [5, 5.41) is 0. The molecule has 0 spiro atoms. The Morgan fingerprint density at radius 1 is 1.09 bits per heavy atom. The van der Waals surface area contributed by atoms with E-state index in [-0.39, 0.29) is 4.91 Å². The number of hydrogen-bond donors (Lipinski definition) is 1. The van der Waals surface area contributed by atoms with Crippen molar-refractivity contribution in [2.75, 3.05) is 0 Å². The first-order valence-electron chi connectivity index (χ1n) is 7.23. The molecule has 3 rings (SSSR count). The number of hydrogen-bond acceptors (Lipinski definition) is 4. The monoisotopic (exact) mass is 327 g/mol. The van der Waals surface area contributed by atoms with Crippen molar-refractivity contribution in [1.82, 2.24) is 9.71 Å². The van der Waals surface area contributed by atoms with Gasteiger partial charge in [0.1, 0.15) is 10.7 Å². The zero-order chi connectivity index (χ0) is 16.4. The average molecular weight is 327 g/mol. The fourth-order valence-corrected chi connectivity index (χ4v) is 3.96. The van der Waals surface area contributed by atoms with Crippen LogP contribution in [0.1, 0.15) is 23.7 Å². The molecule has 2 aromatic rings. The number of aromatic nitrogens is 1. The number of rotatable bonds is 3. The van der Waals surface area contributed by atoms with E-state index in [1.807, 2.05) is 49.4 Å². The molecular formula is C17H17N3O2S. The third kappa shape index (κ3) is 3.17. The van der Waals surface area contributed by atoms with E-state index in [0.29, 0.717) is 23.5 Å². The van der Waals surface area contributed by atoms with Crippen LogP contribution >= 0.6 is 0 Å². The maximum atomic E-state index is 12.4. The van der Waals surface area contributed by atoms with Crippen LogP contribution in [0.3, 0.4) is 0 Å². The van der Waals surface area contributed by atoms with Crippen LogP contribution < -0.4 is 4.72 Å². The van der Waals surface area contributed by atoms with Gasteiger partial charge in [-0.1, -0.05) is 35.9 Å². The molecule has 1 aliphatic rings. The third-order valence-corrected chi connectivity index (χ3v) is 5.18. The Morgan fingerprint density at radius 3 is 2.48 bits per heavy atom. The molecule has 1 aromatic heterocycles. The molecular weight excluding hydrogens is 310 g/mol. The van der Waals surface area contributed by atoms with Crippen LogP contribution in [0.2, 0.25) is 0 Å². The van der Waals surface area contributed by atoms with Gasteiger partial charge >= 0.3 is 0 Å². The van der Waals surface area contributed by atoms with Gasteiger partial charge in [-0.05, 0) is 31.5 Å². The van der Waals surface area contributed by atoms with Crippen molar-refractivity contribution in [2.45, 2.75) is 20.4 Å². The van der Waals surface area contributed by atoms with Crippen LogP contribution in [0, 0.1) is 6.92 Å². The number of pyridine rings is 1. The Balaban J connectivity index is 1.97. The molecule has 0 radical (unpaired) electrons. The lowest BCUT2D eigenvalue weighted by Crippen LogP contribution is -2.23. The summed E-state index contributed by atoms with van der Waals surface area (Å²) in [7, 11) is -3.58.